The van der Waals surface area contributed by atoms with Crippen molar-refractivity contribution in [1.29, 1.82) is 0 Å². The number of nitrogens with one attached hydrogen (secondary N) is 2. The zero-order valence-electron chi connectivity index (χ0n) is 12.7. The standard InChI is InChI=1S/C18H11ClFN3O2/c19-13-4-2-1-3-12(13)14-9-15(24)16-17(21-14)22-23(18(16)25)11-7-5-10(20)6-8-11/h1-9H,(H2,21,22,24). The molecule has 0 saturated heterocycles. The third-order valence-corrected chi connectivity index (χ3v) is 4.25. The molecule has 0 radical (unpaired) electrons. The fraction of sp³-hybridized carbons (Fsp3) is 0. The number of aromatic amines is 2. The van der Waals surface area contributed by atoms with Gasteiger partial charge >= 0.3 is 0 Å². The minimum atomic E-state index is -0.506. The molecule has 0 aliphatic rings. The van der Waals surface area contributed by atoms with E-state index in [4.69, 9.17) is 11.6 Å². The summed E-state index contributed by atoms with van der Waals surface area (Å²) in [6.07, 6.45) is 0. The molecular weight excluding hydrogens is 345 g/mol. The number of halogens is 2. The van der Waals surface area contributed by atoms with Gasteiger partial charge in [-0.15, -0.1) is 0 Å². The lowest BCUT2D eigenvalue weighted by molar-refractivity contribution is 0.627. The van der Waals surface area contributed by atoms with Crippen molar-refractivity contribution in [3.8, 4) is 16.9 Å². The Kier molecular flexibility index (Phi) is 3.54. The number of rotatable bonds is 2. The number of pyridine rings is 1. The van der Waals surface area contributed by atoms with Crippen LogP contribution >= 0.6 is 11.6 Å². The van der Waals surface area contributed by atoms with Gasteiger partial charge in [-0.05, 0) is 30.3 Å². The number of fused-ring (bicyclic) bond motifs is 1. The fourth-order valence-corrected chi connectivity index (χ4v) is 2.96. The van der Waals surface area contributed by atoms with Gasteiger partial charge in [0.15, 0.2) is 5.43 Å². The van der Waals surface area contributed by atoms with Crippen LogP contribution in [0.2, 0.25) is 5.02 Å². The van der Waals surface area contributed by atoms with Crippen LogP contribution in [0.1, 0.15) is 0 Å². The van der Waals surface area contributed by atoms with Crippen molar-refractivity contribution in [1.82, 2.24) is 14.8 Å². The molecule has 2 aromatic carbocycles. The van der Waals surface area contributed by atoms with Crippen LogP contribution in [0.4, 0.5) is 4.39 Å². The van der Waals surface area contributed by atoms with Crippen LogP contribution in [-0.2, 0) is 0 Å². The van der Waals surface area contributed by atoms with Gasteiger partial charge in [-0.2, -0.15) is 0 Å². The van der Waals surface area contributed by atoms with E-state index in [1.807, 2.05) is 0 Å². The van der Waals surface area contributed by atoms with Gasteiger partial charge in [0, 0.05) is 16.7 Å². The molecule has 0 aliphatic carbocycles. The molecule has 7 heteroatoms. The fourth-order valence-electron chi connectivity index (χ4n) is 2.73. The summed E-state index contributed by atoms with van der Waals surface area (Å²) in [6.45, 7) is 0. The molecule has 2 N–H and O–H groups in total. The number of H-pyrrole nitrogens is 2. The van der Waals surface area contributed by atoms with E-state index in [1.165, 1.54) is 35.0 Å². The molecule has 25 heavy (non-hydrogen) atoms. The highest BCUT2D eigenvalue weighted by Crippen LogP contribution is 2.25. The number of nitrogens with zero attached hydrogens (tertiary/aromatic N) is 1. The molecule has 4 rings (SSSR count). The molecule has 4 aromatic rings. The lowest BCUT2D eigenvalue weighted by Gasteiger charge is -2.04. The van der Waals surface area contributed by atoms with E-state index < -0.39 is 16.8 Å². The average Bonchev–Trinajstić information content (AvgIpc) is 2.93. The summed E-state index contributed by atoms with van der Waals surface area (Å²) in [5.41, 5.74) is 0.917. The first-order chi connectivity index (χ1) is 12.0. The molecule has 0 amide bonds. The molecule has 0 atom stereocenters. The van der Waals surface area contributed by atoms with E-state index in [9.17, 15) is 14.0 Å². The van der Waals surface area contributed by atoms with E-state index >= 15 is 0 Å². The van der Waals surface area contributed by atoms with Gasteiger partial charge in [-0.1, -0.05) is 29.8 Å². The number of benzene rings is 2. The summed E-state index contributed by atoms with van der Waals surface area (Å²) >= 11 is 6.17. The lowest BCUT2D eigenvalue weighted by atomic mass is 10.1. The Balaban J connectivity index is 1.96. The summed E-state index contributed by atoms with van der Waals surface area (Å²) in [4.78, 5) is 28.0. The maximum Gasteiger partial charge on any atom is 0.284 e. The molecule has 2 heterocycles. The number of aromatic nitrogens is 3. The topological polar surface area (TPSA) is 70.7 Å². The smallest absolute Gasteiger partial charge is 0.284 e. The van der Waals surface area contributed by atoms with Crippen molar-refractivity contribution in [2.75, 3.05) is 0 Å². The highest BCUT2D eigenvalue weighted by Gasteiger charge is 2.14. The molecule has 5 nitrogen and oxygen atoms in total. The quantitative estimate of drug-likeness (QED) is 0.578. The monoisotopic (exact) mass is 355 g/mol. The highest BCUT2D eigenvalue weighted by molar-refractivity contribution is 6.33. The molecule has 0 bridgehead atoms. The van der Waals surface area contributed by atoms with Gasteiger partial charge in [-0.3, -0.25) is 14.7 Å². The van der Waals surface area contributed by atoms with Crippen molar-refractivity contribution in [2.24, 2.45) is 0 Å². The lowest BCUT2D eigenvalue weighted by Crippen LogP contribution is -2.18. The molecular formula is C18H11ClFN3O2. The van der Waals surface area contributed by atoms with E-state index in [-0.39, 0.29) is 11.0 Å². The highest BCUT2D eigenvalue weighted by atomic mass is 35.5. The zero-order chi connectivity index (χ0) is 17.6. The largest absolute Gasteiger partial charge is 0.339 e. The Bertz CT molecular complexity index is 1210. The molecule has 0 saturated carbocycles. The predicted molar refractivity (Wildman–Crippen MR) is 94.9 cm³/mol. The van der Waals surface area contributed by atoms with Gasteiger partial charge < -0.3 is 4.98 Å². The van der Waals surface area contributed by atoms with Crippen molar-refractivity contribution >= 4 is 22.6 Å². The summed E-state index contributed by atoms with van der Waals surface area (Å²) in [7, 11) is 0. The van der Waals surface area contributed by atoms with E-state index in [1.54, 1.807) is 24.3 Å². The minimum absolute atomic E-state index is 0.000119. The first kappa shape index (κ1) is 15.4. The Morgan fingerprint density at radius 3 is 2.44 bits per heavy atom. The van der Waals surface area contributed by atoms with Gasteiger partial charge in [0.25, 0.3) is 5.56 Å². The Labute approximate surface area is 145 Å². The van der Waals surface area contributed by atoms with Gasteiger partial charge in [0.2, 0.25) is 0 Å². The minimum Gasteiger partial charge on any atom is -0.339 e. The number of hydrogen-bond acceptors (Lipinski definition) is 2. The van der Waals surface area contributed by atoms with Crippen LogP contribution in [-0.4, -0.2) is 14.8 Å². The van der Waals surface area contributed by atoms with E-state index in [0.717, 1.165) is 0 Å². The molecule has 0 spiro atoms. The Hall–Kier alpha value is -3.12. The first-order valence-electron chi connectivity index (χ1n) is 7.43. The Morgan fingerprint density at radius 2 is 1.72 bits per heavy atom. The van der Waals surface area contributed by atoms with Crippen LogP contribution in [0.3, 0.4) is 0 Å². The number of hydrogen-bond donors (Lipinski definition) is 2. The molecule has 0 aliphatic heterocycles. The van der Waals surface area contributed by atoms with Gasteiger partial charge in [0.05, 0.1) is 11.4 Å². The second-order valence-electron chi connectivity index (χ2n) is 5.51. The van der Waals surface area contributed by atoms with Gasteiger partial charge in [0.1, 0.15) is 16.9 Å². The van der Waals surface area contributed by atoms with Crippen LogP contribution in [0, 0.1) is 5.82 Å². The molecule has 0 unspecified atom stereocenters. The summed E-state index contributed by atoms with van der Waals surface area (Å²) < 4.78 is 14.3. The van der Waals surface area contributed by atoms with Crippen LogP contribution in [0.25, 0.3) is 28.0 Å². The molecule has 0 fully saturated rings. The predicted octanol–water partition coefficient (Wildman–Crippen LogP) is 3.47. The van der Waals surface area contributed by atoms with Crippen LogP contribution in [0.5, 0.6) is 0 Å². The summed E-state index contributed by atoms with van der Waals surface area (Å²) in [5.74, 6) is -0.412. The maximum atomic E-state index is 13.1. The van der Waals surface area contributed by atoms with Crippen molar-refractivity contribution < 1.29 is 4.39 Å². The van der Waals surface area contributed by atoms with Crippen LogP contribution < -0.4 is 11.0 Å². The normalized spacial score (nSPS) is 11.1. The Morgan fingerprint density at radius 1 is 1.00 bits per heavy atom. The SMILES string of the molecule is O=c1cc(-c2ccccc2Cl)[nH]c2[nH]n(-c3ccc(F)cc3)c(=O)c12. The summed E-state index contributed by atoms with van der Waals surface area (Å²) in [5, 5.41) is 3.34. The van der Waals surface area contributed by atoms with E-state index in [2.05, 4.69) is 10.1 Å². The third kappa shape index (κ3) is 2.56. The van der Waals surface area contributed by atoms with Gasteiger partial charge in [-0.25, -0.2) is 9.07 Å². The molecule has 2 aromatic heterocycles. The summed E-state index contributed by atoms with van der Waals surface area (Å²) in [6, 6.07) is 13.8. The van der Waals surface area contributed by atoms with Crippen LogP contribution in [0.15, 0.2) is 64.2 Å². The van der Waals surface area contributed by atoms with Crippen molar-refractivity contribution in [2.45, 2.75) is 0 Å². The average molecular weight is 356 g/mol. The zero-order valence-corrected chi connectivity index (χ0v) is 13.5. The third-order valence-electron chi connectivity index (χ3n) is 3.92. The molecule has 124 valence electrons. The van der Waals surface area contributed by atoms with E-state index in [0.29, 0.717) is 22.0 Å². The first-order valence-corrected chi connectivity index (χ1v) is 7.81. The second-order valence-corrected chi connectivity index (χ2v) is 5.91. The van der Waals surface area contributed by atoms with Crippen molar-refractivity contribution in [3.05, 3.63) is 86.0 Å². The second kappa shape index (κ2) is 5.75. The maximum absolute atomic E-state index is 13.1. The van der Waals surface area contributed by atoms with Crippen molar-refractivity contribution in [3.63, 3.8) is 0 Å².